The molecule has 1 N–H and O–H groups in total. The Hall–Kier alpha value is -0.830. The van der Waals surface area contributed by atoms with Crippen molar-refractivity contribution in [2.24, 2.45) is 0 Å². The zero-order chi connectivity index (χ0) is 7.56. The number of ether oxygens (including phenoxy) is 1. The Morgan fingerprint density at radius 3 is 3.22 bits per heavy atom. The zero-order valence-electron chi connectivity index (χ0n) is 5.83. The normalized spacial score (nSPS) is 27.2. The van der Waals surface area contributed by atoms with E-state index < -0.39 is 6.10 Å². The second-order valence-corrected chi connectivity index (χ2v) is 1.76. The SMILES string of the molecule is [2H]C1=CO[C@H](CCO)C1=O. The lowest BCUT2D eigenvalue weighted by Gasteiger charge is -2.04. The maximum Gasteiger partial charge on any atom is 0.199 e. The van der Waals surface area contributed by atoms with Crippen molar-refractivity contribution in [1.82, 2.24) is 0 Å². The summed E-state index contributed by atoms with van der Waals surface area (Å²) in [7, 11) is 0. The lowest BCUT2D eigenvalue weighted by atomic mass is 10.2. The van der Waals surface area contributed by atoms with Crippen molar-refractivity contribution in [3.8, 4) is 0 Å². The quantitative estimate of drug-likeness (QED) is 0.564. The number of carbonyl (C=O) groups is 1. The number of ketones is 1. The van der Waals surface area contributed by atoms with Crippen LogP contribution in [0.4, 0.5) is 0 Å². The fourth-order valence-corrected chi connectivity index (χ4v) is 0.645. The van der Waals surface area contributed by atoms with Crippen LogP contribution in [0.5, 0.6) is 0 Å². The lowest BCUT2D eigenvalue weighted by Crippen LogP contribution is -2.16. The molecule has 0 aromatic rings. The van der Waals surface area contributed by atoms with Crippen molar-refractivity contribution in [2.45, 2.75) is 12.5 Å². The minimum absolute atomic E-state index is 0.0858. The van der Waals surface area contributed by atoms with E-state index in [0.29, 0.717) is 0 Å². The van der Waals surface area contributed by atoms with Crippen molar-refractivity contribution in [3.63, 3.8) is 0 Å². The van der Waals surface area contributed by atoms with Gasteiger partial charge in [-0.15, -0.1) is 0 Å². The van der Waals surface area contributed by atoms with Gasteiger partial charge in [0.1, 0.15) is 0 Å². The molecule has 3 nitrogen and oxygen atoms in total. The van der Waals surface area contributed by atoms with E-state index in [-0.39, 0.29) is 24.9 Å². The third-order valence-electron chi connectivity index (χ3n) is 1.12. The first-order valence-corrected chi connectivity index (χ1v) is 2.73. The molecular weight excluding hydrogens is 120 g/mol. The average molecular weight is 129 g/mol. The van der Waals surface area contributed by atoms with E-state index >= 15 is 0 Å². The van der Waals surface area contributed by atoms with Crippen LogP contribution in [0.1, 0.15) is 7.79 Å². The fourth-order valence-electron chi connectivity index (χ4n) is 0.645. The van der Waals surface area contributed by atoms with E-state index in [1.165, 1.54) is 0 Å². The summed E-state index contributed by atoms with van der Waals surface area (Å²) in [6.07, 6.45) is 0.776. The van der Waals surface area contributed by atoms with Crippen molar-refractivity contribution >= 4 is 5.78 Å². The third-order valence-corrected chi connectivity index (χ3v) is 1.12. The lowest BCUT2D eigenvalue weighted by molar-refractivity contribution is -0.120. The first kappa shape index (κ1) is 4.99. The Kier molecular flexibility index (Phi) is 1.46. The number of hydrogen-bond donors (Lipinski definition) is 1. The Bertz CT molecular complexity index is 176. The highest BCUT2D eigenvalue weighted by atomic mass is 16.5. The van der Waals surface area contributed by atoms with Crippen molar-refractivity contribution < 1.29 is 16.0 Å². The van der Waals surface area contributed by atoms with E-state index in [4.69, 9.17) is 11.2 Å². The van der Waals surface area contributed by atoms with Gasteiger partial charge in [0.2, 0.25) is 0 Å². The summed E-state index contributed by atoms with van der Waals surface area (Å²) in [6, 6.07) is -0.113. The Labute approximate surface area is 54.3 Å². The molecular formula is C6H8O3. The van der Waals surface area contributed by atoms with Gasteiger partial charge in [0.05, 0.1) is 7.63 Å². The molecule has 0 radical (unpaired) electrons. The molecule has 0 aliphatic carbocycles. The molecule has 9 heavy (non-hydrogen) atoms. The zero-order valence-corrected chi connectivity index (χ0v) is 4.83. The highest BCUT2D eigenvalue weighted by Crippen LogP contribution is 2.07. The monoisotopic (exact) mass is 129 g/mol. The van der Waals surface area contributed by atoms with E-state index in [1.807, 2.05) is 0 Å². The van der Waals surface area contributed by atoms with Gasteiger partial charge in [0.15, 0.2) is 11.9 Å². The van der Waals surface area contributed by atoms with Crippen molar-refractivity contribution in [1.29, 1.82) is 0 Å². The minimum atomic E-state index is -0.613. The van der Waals surface area contributed by atoms with Crippen LogP contribution in [-0.2, 0) is 9.53 Å². The van der Waals surface area contributed by atoms with Gasteiger partial charge in [0, 0.05) is 19.1 Å². The molecule has 0 saturated carbocycles. The maximum atomic E-state index is 10.8. The van der Waals surface area contributed by atoms with Crippen LogP contribution >= 0.6 is 0 Å². The molecule has 1 aliphatic heterocycles. The number of carbonyl (C=O) groups excluding carboxylic acids is 1. The van der Waals surface area contributed by atoms with Crippen LogP contribution < -0.4 is 0 Å². The molecule has 0 amide bonds. The first-order chi connectivity index (χ1) is 4.75. The highest BCUT2D eigenvalue weighted by Gasteiger charge is 2.19. The molecule has 3 heteroatoms. The minimum Gasteiger partial charge on any atom is -0.490 e. The van der Waals surface area contributed by atoms with Gasteiger partial charge < -0.3 is 9.84 Å². The molecule has 0 bridgehead atoms. The summed E-state index contributed by atoms with van der Waals surface area (Å²) in [5.74, 6) is -0.339. The largest absolute Gasteiger partial charge is 0.490 e. The summed E-state index contributed by atoms with van der Waals surface area (Å²) in [4.78, 5) is 10.8. The second-order valence-electron chi connectivity index (χ2n) is 1.76. The standard InChI is InChI=1S/C6H8O3/c7-3-1-6-5(8)2-4-9-6/h2,4,6-7H,1,3H2/t6-/m1/s1/i2D. The number of aliphatic hydroxyl groups is 1. The average Bonchev–Trinajstić information content (AvgIpc) is 2.20. The molecule has 0 spiro atoms. The fraction of sp³-hybridized carbons (Fsp3) is 0.500. The Morgan fingerprint density at radius 2 is 2.78 bits per heavy atom. The van der Waals surface area contributed by atoms with Crippen LogP contribution in [0, 0.1) is 0 Å². The first-order valence-electron chi connectivity index (χ1n) is 3.23. The molecule has 1 rings (SSSR count). The summed E-state index contributed by atoms with van der Waals surface area (Å²) < 4.78 is 11.7. The number of aliphatic hydroxyl groups excluding tert-OH is 1. The number of hydrogen-bond acceptors (Lipinski definition) is 3. The maximum absolute atomic E-state index is 10.8. The van der Waals surface area contributed by atoms with Gasteiger partial charge in [0.25, 0.3) is 0 Å². The molecule has 0 saturated heterocycles. The predicted octanol–water partition coefficient (Wildman–Crippen LogP) is -0.150. The van der Waals surface area contributed by atoms with Gasteiger partial charge in [-0.2, -0.15) is 0 Å². The summed E-state index contributed by atoms with van der Waals surface area (Å²) in [5.41, 5.74) is 0. The van der Waals surface area contributed by atoms with Gasteiger partial charge in [-0.1, -0.05) is 0 Å². The molecule has 0 aromatic carbocycles. The van der Waals surface area contributed by atoms with Gasteiger partial charge in [-0.25, -0.2) is 0 Å². The molecule has 0 aromatic heterocycles. The molecule has 1 heterocycles. The summed E-state index contributed by atoms with van der Waals surface area (Å²) in [5, 5.41) is 8.41. The van der Waals surface area contributed by atoms with E-state index in [1.54, 1.807) is 0 Å². The van der Waals surface area contributed by atoms with Gasteiger partial charge in [-0.05, 0) is 0 Å². The highest BCUT2D eigenvalue weighted by molar-refractivity contribution is 5.94. The molecule has 1 aliphatic rings. The van der Waals surface area contributed by atoms with Crippen LogP contribution in [0.25, 0.3) is 0 Å². The molecule has 0 unspecified atom stereocenters. The Morgan fingerprint density at radius 1 is 2.00 bits per heavy atom. The molecule has 50 valence electrons. The van der Waals surface area contributed by atoms with Crippen LogP contribution in [0.3, 0.4) is 0 Å². The van der Waals surface area contributed by atoms with Crippen LogP contribution in [0.15, 0.2) is 12.3 Å². The molecule has 0 fully saturated rings. The van der Waals surface area contributed by atoms with Crippen LogP contribution in [0.2, 0.25) is 0 Å². The van der Waals surface area contributed by atoms with E-state index in [2.05, 4.69) is 0 Å². The second kappa shape index (κ2) is 2.64. The predicted molar refractivity (Wildman–Crippen MR) is 30.7 cm³/mol. The van der Waals surface area contributed by atoms with E-state index in [9.17, 15) is 4.79 Å². The van der Waals surface area contributed by atoms with Gasteiger partial charge >= 0.3 is 0 Å². The Balaban J connectivity index is 2.48. The van der Waals surface area contributed by atoms with Gasteiger partial charge in [-0.3, -0.25) is 4.79 Å². The summed E-state index contributed by atoms with van der Waals surface area (Å²) in [6.45, 7) is -0.0858. The van der Waals surface area contributed by atoms with Crippen LogP contribution in [-0.4, -0.2) is 23.6 Å². The molecule has 1 atom stereocenters. The summed E-state index contributed by atoms with van der Waals surface area (Å²) >= 11 is 0. The van der Waals surface area contributed by atoms with E-state index in [0.717, 1.165) is 6.26 Å². The topological polar surface area (TPSA) is 46.5 Å². The number of rotatable bonds is 2. The third kappa shape index (κ3) is 1.29. The van der Waals surface area contributed by atoms with Crippen molar-refractivity contribution in [3.05, 3.63) is 12.3 Å². The van der Waals surface area contributed by atoms with Crippen molar-refractivity contribution in [2.75, 3.05) is 6.61 Å². The smallest absolute Gasteiger partial charge is 0.199 e.